The third-order valence-electron chi connectivity index (χ3n) is 3.53. The minimum atomic E-state index is -0.463. The molecule has 20 heavy (non-hydrogen) atoms. The van der Waals surface area contributed by atoms with E-state index in [0.717, 1.165) is 36.3 Å². The maximum absolute atomic E-state index is 11.9. The Morgan fingerprint density at radius 2 is 2.35 bits per heavy atom. The summed E-state index contributed by atoms with van der Waals surface area (Å²) in [6.07, 6.45) is 3.89. The maximum Gasteiger partial charge on any atom is 0.241 e. The highest BCUT2D eigenvalue weighted by molar-refractivity contribution is 5.96. The van der Waals surface area contributed by atoms with Crippen LogP contribution in [-0.2, 0) is 4.79 Å². The largest absolute Gasteiger partial charge is 0.440 e. The van der Waals surface area contributed by atoms with E-state index in [4.69, 9.17) is 10.2 Å². The van der Waals surface area contributed by atoms with Crippen molar-refractivity contribution in [3.63, 3.8) is 0 Å². The molecule has 5 nitrogen and oxygen atoms in total. The van der Waals surface area contributed by atoms with E-state index in [2.05, 4.69) is 10.3 Å². The molecule has 1 aromatic carbocycles. The van der Waals surface area contributed by atoms with Gasteiger partial charge in [0.05, 0.1) is 6.04 Å². The zero-order chi connectivity index (χ0) is 14.1. The molecule has 1 saturated carbocycles. The Bertz CT molecular complexity index is 631. The number of carbonyl (C=O) groups excluding carboxylic acids is 1. The van der Waals surface area contributed by atoms with E-state index in [-0.39, 0.29) is 5.91 Å². The number of rotatable bonds is 5. The fraction of sp³-hybridized carbons (Fsp3) is 0.467. The van der Waals surface area contributed by atoms with Crippen LogP contribution in [0.15, 0.2) is 22.6 Å². The molecule has 0 saturated heterocycles. The van der Waals surface area contributed by atoms with Gasteiger partial charge in [0.25, 0.3) is 0 Å². The van der Waals surface area contributed by atoms with Crippen LogP contribution in [0, 0.1) is 0 Å². The molecule has 1 unspecified atom stereocenters. The maximum atomic E-state index is 11.9. The van der Waals surface area contributed by atoms with Crippen LogP contribution < -0.4 is 11.1 Å². The summed E-state index contributed by atoms with van der Waals surface area (Å²) in [5.74, 6) is 1.14. The molecular formula is C15H19N3O2. The van der Waals surface area contributed by atoms with Crippen molar-refractivity contribution in [1.82, 2.24) is 4.98 Å². The van der Waals surface area contributed by atoms with E-state index >= 15 is 0 Å². The molecule has 3 N–H and O–H groups in total. The number of fused-ring (bicyclic) bond motifs is 1. The van der Waals surface area contributed by atoms with Gasteiger partial charge in [-0.3, -0.25) is 4.79 Å². The molecule has 1 fully saturated rings. The Labute approximate surface area is 117 Å². The summed E-state index contributed by atoms with van der Waals surface area (Å²) in [5.41, 5.74) is 8.06. The van der Waals surface area contributed by atoms with Crippen LogP contribution >= 0.6 is 0 Å². The van der Waals surface area contributed by atoms with Crippen molar-refractivity contribution >= 4 is 22.7 Å². The molecule has 1 aliphatic carbocycles. The number of nitrogens with one attached hydrogen (secondary N) is 1. The highest BCUT2D eigenvalue weighted by Gasteiger charge is 2.28. The van der Waals surface area contributed by atoms with Crippen molar-refractivity contribution in [3.05, 3.63) is 24.1 Å². The number of carbonyl (C=O) groups is 1. The highest BCUT2D eigenvalue weighted by Crippen LogP contribution is 2.40. The van der Waals surface area contributed by atoms with E-state index in [1.165, 1.54) is 0 Å². The molecule has 0 spiro atoms. The molecule has 1 atom stereocenters. The van der Waals surface area contributed by atoms with Crippen molar-refractivity contribution in [2.24, 2.45) is 5.73 Å². The van der Waals surface area contributed by atoms with Crippen molar-refractivity contribution < 1.29 is 9.21 Å². The normalized spacial score (nSPS) is 16.3. The average Bonchev–Trinajstić information content (AvgIpc) is 3.19. The second kappa shape index (κ2) is 5.25. The number of hydrogen-bond acceptors (Lipinski definition) is 4. The van der Waals surface area contributed by atoms with Crippen molar-refractivity contribution in [3.8, 4) is 0 Å². The summed E-state index contributed by atoms with van der Waals surface area (Å²) in [4.78, 5) is 16.4. The predicted molar refractivity (Wildman–Crippen MR) is 77.5 cm³/mol. The van der Waals surface area contributed by atoms with Gasteiger partial charge in [-0.15, -0.1) is 0 Å². The lowest BCUT2D eigenvalue weighted by atomic mass is 10.1. The average molecular weight is 273 g/mol. The monoisotopic (exact) mass is 273 g/mol. The lowest BCUT2D eigenvalue weighted by Gasteiger charge is -2.10. The molecule has 1 aliphatic rings. The summed E-state index contributed by atoms with van der Waals surface area (Å²) >= 11 is 0. The lowest BCUT2D eigenvalue weighted by molar-refractivity contribution is -0.117. The fourth-order valence-corrected chi connectivity index (χ4v) is 2.20. The smallest absolute Gasteiger partial charge is 0.241 e. The number of amides is 1. The zero-order valence-electron chi connectivity index (χ0n) is 11.6. The zero-order valence-corrected chi connectivity index (χ0v) is 11.6. The molecule has 2 aromatic rings. The molecule has 5 heteroatoms. The predicted octanol–water partition coefficient (Wildman–Crippen LogP) is 2.77. The van der Waals surface area contributed by atoms with Crippen LogP contribution in [0.3, 0.4) is 0 Å². The molecule has 0 aliphatic heterocycles. The van der Waals surface area contributed by atoms with Crippen LogP contribution in [0.2, 0.25) is 0 Å². The summed E-state index contributed by atoms with van der Waals surface area (Å²) < 4.78 is 5.69. The van der Waals surface area contributed by atoms with Crippen LogP contribution in [-0.4, -0.2) is 16.9 Å². The topological polar surface area (TPSA) is 81.2 Å². The highest BCUT2D eigenvalue weighted by atomic mass is 16.3. The van der Waals surface area contributed by atoms with Crippen molar-refractivity contribution in [2.75, 3.05) is 5.32 Å². The van der Waals surface area contributed by atoms with Gasteiger partial charge in [0.15, 0.2) is 11.5 Å². The van der Waals surface area contributed by atoms with Crippen LogP contribution in [0.4, 0.5) is 5.69 Å². The van der Waals surface area contributed by atoms with Crippen molar-refractivity contribution in [1.29, 1.82) is 0 Å². The molecule has 1 aromatic heterocycles. The Balaban J connectivity index is 1.76. The Hall–Kier alpha value is -1.88. The SMILES string of the molecule is CCCC(N)C(=O)Nc1ccc2oc(C3CC3)nc2c1. The van der Waals surface area contributed by atoms with Gasteiger partial charge in [-0.25, -0.2) is 4.98 Å². The quantitative estimate of drug-likeness (QED) is 0.877. The van der Waals surface area contributed by atoms with Gasteiger partial charge in [0.1, 0.15) is 5.52 Å². The number of aromatic nitrogens is 1. The minimum Gasteiger partial charge on any atom is -0.440 e. The second-order valence-electron chi connectivity index (χ2n) is 5.39. The van der Waals surface area contributed by atoms with Gasteiger partial charge in [0, 0.05) is 11.6 Å². The Morgan fingerprint density at radius 1 is 1.55 bits per heavy atom. The Morgan fingerprint density at radius 3 is 3.05 bits per heavy atom. The van der Waals surface area contributed by atoms with Gasteiger partial charge in [-0.1, -0.05) is 13.3 Å². The summed E-state index contributed by atoms with van der Waals surface area (Å²) in [5, 5.41) is 2.83. The number of nitrogens with two attached hydrogens (primary N) is 1. The Kier molecular flexibility index (Phi) is 3.44. The van der Waals surface area contributed by atoms with Crippen LogP contribution in [0.5, 0.6) is 0 Å². The molecule has 1 amide bonds. The molecule has 1 heterocycles. The lowest BCUT2D eigenvalue weighted by Crippen LogP contribution is -2.35. The van der Waals surface area contributed by atoms with E-state index in [1.807, 2.05) is 25.1 Å². The first-order valence-electron chi connectivity index (χ1n) is 7.14. The van der Waals surface area contributed by atoms with E-state index < -0.39 is 6.04 Å². The van der Waals surface area contributed by atoms with Gasteiger partial charge in [-0.05, 0) is 37.5 Å². The standard InChI is InChI=1S/C15H19N3O2/c1-2-3-11(16)14(19)17-10-6-7-13-12(8-10)18-15(20-13)9-4-5-9/h6-9,11H,2-5,16H2,1H3,(H,17,19). The summed E-state index contributed by atoms with van der Waals surface area (Å²) in [7, 11) is 0. The molecular weight excluding hydrogens is 254 g/mol. The van der Waals surface area contributed by atoms with Gasteiger partial charge < -0.3 is 15.5 Å². The molecule has 106 valence electrons. The fourth-order valence-electron chi connectivity index (χ4n) is 2.20. The van der Waals surface area contributed by atoms with Crippen LogP contribution in [0.1, 0.15) is 44.4 Å². The number of benzene rings is 1. The summed E-state index contributed by atoms with van der Waals surface area (Å²) in [6, 6.07) is 5.03. The molecule has 0 radical (unpaired) electrons. The van der Waals surface area contributed by atoms with E-state index in [0.29, 0.717) is 18.0 Å². The first-order valence-corrected chi connectivity index (χ1v) is 7.14. The molecule has 3 rings (SSSR count). The van der Waals surface area contributed by atoms with E-state index in [9.17, 15) is 4.79 Å². The third kappa shape index (κ3) is 2.67. The first kappa shape index (κ1) is 13.1. The second-order valence-corrected chi connectivity index (χ2v) is 5.39. The van der Waals surface area contributed by atoms with E-state index in [1.54, 1.807) is 0 Å². The van der Waals surface area contributed by atoms with Gasteiger partial charge in [-0.2, -0.15) is 0 Å². The summed E-state index contributed by atoms with van der Waals surface area (Å²) in [6.45, 7) is 2.01. The number of hydrogen-bond donors (Lipinski definition) is 2. The third-order valence-corrected chi connectivity index (χ3v) is 3.53. The minimum absolute atomic E-state index is 0.155. The number of nitrogens with zero attached hydrogens (tertiary/aromatic N) is 1. The van der Waals surface area contributed by atoms with Gasteiger partial charge >= 0.3 is 0 Å². The first-order chi connectivity index (χ1) is 9.67. The van der Waals surface area contributed by atoms with Gasteiger partial charge in [0.2, 0.25) is 5.91 Å². The van der Waals surface area contributed by atoms with Crippen molar-refractivity contribution in [2.45, 2.75) is 44.6 Å². The van der Waals surface area contributed by atoms with Crippen LogP contribution in [0.25, 0.3) is 11.1 Å². The number of oxazole rings is 1. The number of anilines is 1. The molecule has 0 bridgehead atoms.